The zero-order valence-electron chi connectivity index (χ0n) is 8.46. The van der Waals surface area contributed by atoms with E-state index < -0.39 is 4.87 Å². The van der Waals surface area contributed by atoms with Crippen LogP contribution < -0.4 is 0 Å². The quantitative estimate of drug-likeness (QED) is 0.515. The predicted molar refractivity (Wildman–Crippen MR) is 54.4 cm³/mol. The number of rotatable bonds is 2. The van der Waals surface area contributed by atoms with Crippen molar-refractivity contribution >= 4 is 17.6 Å². The van der Waals surface area contributed by atoms with E-state index in [1.165, 1.54) is 0 Å². The minimum Gasteiger partial charge on any atom is -0.465 e. The average molecular weight is 218 g/mol. The smallest absolute Gasteiger partial charge is 0.328 e. The van der Waals surface area contributed by atoms with E-state index in [-0.39, 0.29) is 5.97 Å². The highest BCUT2D eigenvalue weighted by Crippen LogP contribution is 2.41. The van der Waals surface area contributed by atoms with E-state index >= 15 is 0 Å². The zero-order valence-corrected chi connectivity index (χ0v) is 9.22. The Bertz CT molecular complexity index is 238. The first kappa shape index (κ1) is 10.2. The first-order chi connectivity index (χ1) is 6.66. The fourth-order valence-electron chi connectivity index (χ4n) is 2.49. The normalized spacial score (nSPS) is 41.0. The van der Waals surface area contributed by atoms with Gasteiger partial charge in [0.15, 0.2) is 4.87 Å². The second kappa shape index (κ2) is 3.70. The average Bonchev–Trinajstić information content (AvgIpc) is 2.19. The Hall–Kier alpha value is -0.280. The molecule has 0 aromatic carbocycles. The highest BCUT2D eigenvalue weighted by Gasteiger charge is 2.51. The van der Waals surface area contributed by atoms with Crippen molar-refractivity contribution in [3.05, 3.63) is 0 Å². The third-order valence-corrected chi connectivity index (χ3v) is 3.89. The molecule has 3 nitrogen and oxygen atoms in total. The van der Waals surface area contributed by atoms with Gasteiger partial charge in [0, 0.05) is 6.54 Å². The molecule has 1 unspecified atom stereocenters. The minimum atomic E-state index is -0.757. The van der Waals surface area contributed by atoms with E-state index in [1.54, 1.807) is 0 Å². The van der Waals surface area contributed by atoms with Gasteiger partial charge < -0.3 is 9.64 Å². The van der Waals surface area contributed by atoms with Crippen LogP contribution >= 0.6 is 11.6 Å². The second-order valence-electron chi connectivity index (χ2n) is 4.13. The largest absolute Gasteiger partial charge is 0.465 e. The van der Waals surface area contributed by atoms with E-state index in [1.807, 2.05) is 6.92 Å². The van der Waals surface area contributed by atoms with Gasteiger partial charge in [-0.3, -0.25) is 4.79 Å². The van der Waals surface area contributed by atoms with E-state index in [2.05, 4.69) is 4.90 Å². The molecule has 0 spiro atoms. The van der Waals surface area contributed by atoms with Crippen LogP contribution in [0, 0.1) is 5.92 Å². The topological polar surface area (TPSA) is 29.5 Å². The van der Waals surface area contributed by atoms with Gasteiger partial charge in [-0.25, -0.2) is 0 Å². The van der Waals surface area contributed by atoms with Crippen LogP contribution in [-0.2, 0) is 9.53 Å². The van der Waals surface area contributed by atoms with Crippen molar-refractivity contribution in [1.29, 1.82) is 0 Å². The van der Waals surface area contributed by atoms with Crippen LogP contribution in [0.25, 0.3) is 0 Å². The van der Waals surface area contributed by atoms with E-state index in [9.17, 15) is 4.79 Å². The number of esters is 1. The molecule has 0 radical (unpaired) electrons. The standard InChI is InChI=1S/C10H16ClNO2/c1-2-14-9(13)10(11)7-12-5-3-8(10)4-6-12/h8H,2-7H2,1H3. The fourth-order valence-corrected chi connectivity index (χ4v) is 2.93. The van der Waals surface area contributed by atoms with Crippen LogP contribution in [0.15, 0.2) is 0 Å². The summed E-state index contributed by atoms with van der Waals surface area (Å²) in [6.07, 6.45) is 2.06. The Morgan fingerprint density at radius 3 is 2.64 bits per heavy atom. The summed E-state index contributed by atoms with van der Waals surface area (Å²) >= 11 is 6.38. The molecule has 3 fully saturated rings. The maximum Gasteiger partial charge on any atom is 0.328 e. The molecular weight excluding hydrogens is 202 g/mol. The highest BCUT2D eigenvalue weighted by molar-refractivity contribution is 6.34. The van der Waals surface area contributed by atoms with Gasteiger partial charge in [-0.2, -0.15) is 0 Å². The first-order valence-electron chi connectivity index (χ1n) is 5.25. The SMILES string of the molecule is CCOC(=O)C1(Cl)CN2CCC1CC2. The molecule has 3 rings (SSSR count). The molecule has 3 saturated heterocycles. The van der Waals surface area contributed by atoms with Gasteiger partial charge in [-0.1, -0.05) is 0 Å². The molecule has 14 heavy (non-hydrogen) atoms. The van der Waals surface area contributed by atoms with Crippen molar-refractivity contribution in [1.82, 2.24) is 4.90 Å². The summed E-state index contributed by atoms with van der Waals surface area (Å²) in [5.74, 6) is 0.0873. The molecule has 0 aromatic rings. The van der Waals surface area contributed by atoms with Crippen molar-refractivity contribution < 1.29 is 9.53 Å². The number of alkyl halides is 1. The third kappa shape index (κ3) is 1.52. The summed E-state index contributed by atoms with van der Waals surface area (Å²) in [6, 6.07) is 0. The van der Waals surface area contributed by atoms with Crippen molar-refractivity contribution in [2.45, 2.75) is 24.6 Å². The third-order valence-electron chi connectivity index (χ3n) is 3.30. The van der Waals surface area contributed by atoms with Crippen LogP contribution in [-0.4, -0.2) is 42.0 Å². The van der Waals surface area contributed by atoms with Crippen molar-refractivity contribution in [2.24, 2.45) is 5.92 Å². The summed E-state index contributed by atoms with van der Waals surface area (Å²) in [7, 11) is 0. The second-order valence-corrected chi connectivity index (χ2v) is 4.81. The first-order valence-corrected chi connectivity index (χ1v) is 5.63. The Labute approximate surface area is 89.4 Å². The maximum atomic E-state index is 11.7. The molecule has 0 N–H and O–H groups in total. The van der Waals surface area contributed by atoms with Crippen LogP contribution in [0.1, 0.15) is 19.8 Å². The summed E-state index contributed by atoms with van der Waals surface area (Å²) in [5.41, 5.74) is 0. The molecule has 3 aliphatic rings. The molecular formula is C10H16ClNO2. The molecule has 80 valence electrons. The van der Waals surface area contributed by atoms with Gasteiger partial charge in [0.1, 0.15) is 0 Å². The van der Waals surface area contributed by atoms with Crippen LogP contribution in [0.3, 0.4) is 0 Å². The summed E-state index contributed by atoms with van der Waals surface area (Å²) in [4.78, 5) is 13.2. The molecule has 0 saturated carbocycles. The number of carbonyl (C=O) groups excluding carboxylic acids is 1. The zero-order chi connectivity index (χ0) is 10.2. The number of nitrogens with zero attached hydrogens (tertiary/aromatic N) is 1. The lowest BCUT2D eigenvalue weighted by molar-refractivity contribution is -0.152. The summed E-state index contributed by atoms with van der Waals surface area (Å²) in [6.45, 7) is 5.06. The van der Waals surface area contributed by atoms with Gasteiger partial charge in [0.25, 0.3) is 0 Å². The molecule has 4 heteroatoms. The highest BCUT2D eigenvalue weighted by atomic mass is 35.5. The molecule has 0 aromatic heterocycles. The Morgan fingerprint density at radius 2 is 2.21 bits per heavy atom. The lowest BCUT2D eigenvalue weighted by Gasteiger charge is -2.48. The molecule has 2 bridgehead atoms. The molecule has 3 heterocycles. The number of ether oxygens (including phenoxy) is 1. The number of piperidine rings is 3. The molecule has 0 amide bonds. The van der Waals surface area contributed by atoms with Crippen molar-refractivity contribution in [2.75, 3.05) is 26.2 Å². The van der Waals surface area contributed by atoms with Gasteiger partial charge in [-0.05, 0) is 38.8 Å². The number of hydrogen-bond acceptors (Lipinski definition) is 3. The number of carbonyl (C=O) groups is 1. The predicted octanol–water partition coefficient (Wildman–Crippen LogP) is 1.25. The number of halogens is 1. The maximum absolute atomic E-state index is 11.7. The van der Waals surface area contributed by atoms with E-state index in [0.717, 1.165) is 25.9 Å². The van der Waals surface area contributed by atoms with Gasteiger partial charge in [0.05, 0.1) is 6.61 Å². The van der Waals surface area contributed by atoms with Crippen LogP contribution in [0.2, 0.25) is 0 Å². The monoisotopic (exact) mass is 217 g/mol. The Morgan fingerprint density at radius 1 is 1.57 bits per heavy atom. The lowest BCUT2D eigenvalue weighted by Crippen LogP contribution is -2.60. The molecule has 3 aliphatic heterocycles. The van der Waals surface area contributed by atoms with Crippen molar-refractivity contribution in [3.8, 4) is 0 Å². The van der Waals surface area contributed by atoms with E-state index in [0.29, 0.717) is 19.1 Å². The van der Waals surface area contributed by atoms with Gasteiger partial charge >= 0.3 is 5.97 Å². The van der Waals surface area contributed by atoms with Crippen LogP contribution in [0.4, 0.5) is 0 Å². The van der Waals surface area contributed by atoms with Crippen molar-refractivity contribution in [3.63, 3.8) is 0 Å². The Kier molecular flexibility index (Phi) is 2.71. The van der Waals surface area contributed by atoms with Crippen LogP contribution in [0.5, 0.6) is 0 Å². The number of hydrogen-bond donors (Lipinski definition) is 0. The fraction of sp³-hybridized carbons (Fsp3) is 0.900. The number of fused-ring (bicyclic) bond motifs is 3. The molecule has 1 atom stereocenters. The van der Waals surface area contributed by atoms with Gasteiger partial charge in [0.2, 0.25) is 0 Å². The summed E-state index contributed by atoms with van der Waals surface area (Å²) < 4.78 is 5.04. The van der Waals surface area contributed by atoms with Gasteiger partial charge in [-0.15, -0.1) is 11.6 Å². The minimum absolute atomic E-state index is 0.226. The Balaban J connectivity index is 2.11. The molecule has 0 aliphatic carbocycles. The summed E-state index contributed by atoms with van der Waals surface area (Å²) in [5, 5.41) is 0. The lowest BCUT2D eigenvalue weighted by atomic mass is 9.78. The van der Waals surface area contributed by atoms with E-state index in [4.69, 9.17) is 16.3 Å².